The van der Waals surface area contributed by atoms with Crippen LogP contribution in [0.2, 0.25) is 0 Å². The van der Waals surface area contributed by atoms with E-state index in [9.17, 15) is 19.2 Å². The van der Waals surface area contributed by atoms with Crippen molar-refractivity contribution in [1.82, 2.24) is 21.3 Å². The van der Waals surface area contributed by atoms with Gasteiger partial charge in [-0.25, -0.2) is 0 Å². The second kappa shape index (κ2) is 21.2. The molecule has 12 nitrogen and oxygen atoms in total. The number of rotatable bonds is 22. The molecule has 2 aromatic rings. The van der Waals surface area contributed by atoms with Crippen molar-refractivity contribution < 1.29 is 28.5 Å². The highest BCUT2D eigenvalue weighted by atomic mass is 16.6. The van der Waals surface area contributed by atoms with Gasteiger partial charge >= 0.3 is 7.69 Å². The fraction of sp³-hybridized carbons (Fsp3) is 0.600. The molecule has 290 valence electrons. The molecule has 2 fully saturated rings. The number of hydrogen-bond donors (Lipinski definition) is 6. The molecule has 2 aliphatic carbocycles. The maximum absolute atomic E-state index is 13.8. The van der Waals surface area contributed by atoms with Crippen LogP contribution in [0.3, 0.4) is 0 Å². The number of nitrogens with one attached hydrogen (secondary N) is 4. The van der Waals surface area contributed by atoms with E-state index in [1.165, 1.54) is 0 Å². The molecule has 53 heavy (non-hydrogen) atoms. The van der Waals surface area contributed by atoms with Crippen LogP contribution >= 0.6 is 0 Å². The van der Waals surface area contributed by atoms with E-state index in [-0.39, 0.29) is 31.3 Å². The van der Waals surface area contributed by atoms with Crippen molar-refractivity contribution in [1.29, 1.82) is 0 Å². The summed E-state index contributed by atoms with van der Waals surface area (Å²) in [5.41, 5.74) is 13.9. The molecule has 13 heteroatoms. The van der Waals surface area contributed by atoms with Gasteiger partial charge in [-0.1, -0.05) is 74.2 Å². The quantitative estimate of drug-likeness (QED) is 0.0606. The van der Waals surface area contributed by atoms with E-state index in [0.717, 1.165) is 47.9 Å². The normalized spacial score (nSPS) is 17.1. The Morgan fingerprint density at radius 1 is 0.642 bits per heavy atom. The highest BCUT2D eigenvalue weighted by molar-refractivity contribution is 6.18. The molecule has 0 aliphatic heterocycles. The summed E-state index contributed by atoms with van der Waals surface area (Å²) in [7, 11) is -0.240. The first-order valence-electron chi connectivity index (χ1n) is 19.6. The van der Waals surface area contributed by atoms with Gasteiger partial charge in [-0.3, -0.25) is 19.2 Å². The molecule has 8 N–H and O–H groups in total. The lowest BCUT2D eigenvalue weighted by atomic mass is 9.83. The molecule has 2 atom stereocenters. The second-order valence-corrected chi connectivity index (χ2v) is 14.7. The number of hydrogen-bond acceptors (Lipinski definition) is 8. The van der Waals surface area contributed by atoms with Crippen molar-refractivity contribution in [3.8, 4) is 0 Å². The number of aryl methyl sites for hydroxylation is 2. The molecule has 0 bridgehead atoms. The van der Waals surface area contributed by atoms with Crippen LogP contribution in [0.25, 0.3) is 0 Å². The van der Waals surface area contributed by atoms with Crippen LogP contribution in [0.15, 0.2) is 48.5 Å². The molecule has 0 spiro atoms. The van der Waals surface area contributed by atoms with Gasteiger partial charge < -0.3 is 42.0 Å². The van der Waals surface area contributed by atoms with Gasteiger partial charge in [0.05, 0.1) is 0 Å². The van der Waals surface area contributed by atoms with E-state index >= 15 is 0 Å². The van der Waals surface area contributed by atoms with Gasteiger partial charge in [0.25, 0.3) is 0 Å². The molecular formula is C40H61BN6O6. The van der Waals surface area contributed by atoms with Gasteiger partial charge in [0.1, 0.15) is 23.3 Å². The summed E-state index contributed by atoms with van der Waals surface area (Å²) in [6, 6.07) is 16.1. The zero-order valence-electron chi connectivity index (χ0n) is 31.8. The van der Waals surface area contributed by atoms with E-state index < -0.39 is 23.3 Å². The molecule has 2 aliphatic rings. The Morgan fingerprint density at radius 3 is 1.38 bits per heavy atom. The van der Waals surface area contributed by atoms with Gasteiger partial charge in [0.15, 0.2) is 0 Å². The maximum Gasteiger partial charge on any atom is 0.441 e. The van der Waals surface area contributed by atoms with E-state index in [4.69, 9.17) is 20.8 Å². The van der Waals surface area contributed by atoms with Crippen LogP contribution in [0.1, 0.15) is 99.3 Å². The second-order valence-electron chi connectivity index (χ2n) is 14.7. The predicted molar refractivity (Wildman–Crippen MR) is 207 cm³/mol. The first-order chi connectivity index (χ1) is 25.6. The third kappa shape index (κ3) is 11.6. The number of carbonyl (C=O) groups excluding carboxylic acids is 4. The van der Waals surface area contributed by atoms with E-state index in [0.29, 0.717) is 90.4 Å². The van der Waals surface area contributed by atoms with Crippen molar-refractivity contribution in [3.05, 3.63) is 70.8 Å². The third-order valence-corrected chi connectivity index (χ3v) is 11.0. The number of carbonyl (C=O) groups is 4. The maximum atomic E-state index is 13.8. The molecule has 2 aromatic carbocycles. The smallest absolute Gasteiger partial charge is 0.393 e. The Labute approximate surface area is 316 Å². The van der Waals surface area contributed by atoms with Gasteiger partial charge in [0, 0.05) is 13.1 Å². The molecule has 2 unspecified atom stereocenters. The molecule has 0 aromatic heterocycles. The van der Waals surface area contributed by atoms with Crippen LogP contribution in [-0.2, 0) is 41.3 Å². The zero-order chi connectivity index (χ0) is 38.1. The molecule has 0 radical (unpaired) electrons. The molecule has 2 saturated carbocycles. The Kier molecular flexibility index (Phi) is 16.8. The highest BCUT2D eigenvalue weighted by Crippen LogP contribution is 2.40. The minimum atomic E-state index is -1.18. The lowest BCUT2D eigenvalue weighted by molar-refractivity contribution is -0.146. The van der Waals surface area contributed by atoms with Crippen LogP contribution in [0.5, 0.6) is 0 Å². The van der Waals surface area contributed by atoms with Gasteiger partial charge in [-0.15, -0.1) is 0 Å². The fourth-order valence-corrected chi connectivity index (χ4v) is 7.59. The summed E-state index contributed by atoms with van der Waals surface area (Å²) in [6.45, 7) is 5.75. The first-order valence-corrected chi connectivity index (χ1v) is 19.6. The zero-order valence-corrected chi connectivity index (χ0v) is 31.8. The van der Waals surface area contributed by atoms with Crippen molar-refractivity contribution in [3.63, 3.8) is 0 Å². The van der Waals surface area contributed by atoms with Crippen LogP contribution in [0, 0.1) is 24.7 Å². The number of benzene rings is 2. The standard InChI is InChI=1S/C40H61BN6O6/c1-29-13-3-5-15-31(29)19-27-44-35(48)39(21-7-8-22-39)37(50)46-33(17-11-25-42)52-41-53-34(18-12-26-43)47-38(51)40(23-9-10-24-40)36(49)45-28-20-32-16-6-4-14-30(32)2/h3-6,13-16,33-34,41H,7-12,17-28,42-43H2,1-2H3,(H,44,48)(H,45,49)(H,46,50)(H,47,51). The fourth-order valence-electron chi connectivity index (χ4n) is 7.59. The molecule has 4 amide bonds. The van der Waals surface area contributed by atoms with Crippen molar-refractivity contribution in [2.24, 2.45) is 22.3 Å². The van der Waals surface area contributed by atoms with Crippen molar-refractivity contribution in [2.75, 3.05) is 26.2 Å². The Bertz CT molecular complexity index is 1390. The van der Waals surface area contributed by atoms with Crippen molar-refractivity contribution >= 4 is 31.3 Å². The minimum absolute atomic E-state index is 0.240. The molecular weight excluding hydrogens is 671 g/mol. The van der Waals surface area contributed by atoms with Crippen LogP contribution in [0.4, 0.5) is 0 Å². The Hall–Kier alpha value is -3.78. The lowest BCUT2D eigenvalue weighted by Crippen LogP contribution is -2.54. The lowest BCUT2D eigenvalue weighted by Gasteiger charge is -2.31. The topological polar surface area (TPSA) is 187 Å². The summed E-state index contributed by atoms with van der Waals surface area (Å²) in [6.07, 6.45) is 6.82. The van der Waals surface area contributed by atoms with E-state index in [1.807, 2.05) is 62.4 Å². The summed E-state index contributed by atoms with van der Waals surface area (Å²) in [5.74, 6) is -1.26. The Morgan fingerprint density at radius 2 is 1.02 bits per heavy atom. The minimum Gasteiger partial charge on any atom is -0.393 e. The van der Waals surface area contributed by atoms with Crippen LogP contribution in [-0.4, -0.2) is 69.9 Å². The van der Waals surface area contributed by atoms with E-state index in [2.05, 4.69) is 21.3 Å². The number of nitrogens with two attached hydrogens (primary N) is 2. The molecule has 0 saturated heterocycles. The monoisotopic (exact) mass is 732 g/mol. The SMILES string of the molecule is Cc1ccccc1CCNC(=O)C1(C(=O)NC(CCCN)OBOC(CCCN)NC(=O)C2(C(=O)NCCc3ccccc3C)CCCC2)CCCC1. The van der Waals surface area contributed by atoms with Gasteiger partial charge in [-0.05, 0) is 113 Å². The number of amides is 4. The van der Waals surface area contributed by atoms with Gasteiger partial charge in [0.2, 0.25) is 23.6 Å². The average molecular weight is 733 g/mol. The van der Waals surface area contributed by atoms with E-state index in [1.54, 1.807) is 0 Å². The average Bonchev–Trinajstić information content (AvgIpc) is 3.87. The summed E-state index contributed by atoms with van der Waals surface area (Å²) >= 11 is 0. The molecule has 0 heterocycles. The van der Waals surface area contributed by atoms with Crippen molar-refractivity contribution in [2.45, 2.75) is 116 Å². The molecule has 4 rings (SSSR count). The summed E-state index contributed by atoms with van der Waals surface area (Å²) < 4.78 is 12.1. The third-order valence-electron chi connectivity index (χ3n) is 11.0. The largest absolute Gasteiger partial charge is 0.441 e. The first kappa shape index (κ1) is 42.0. The predicted octanol–water partition coefficient (Wildman–Crippen LogP) is 3.10. The summed E-state index contributed by atoms with van der Waals surface area (Å²) in [4.78, 5) is 54.8. The van der Waals surface area contributed by atoms with Crippen LogP contribution < -0.4 is 32.7 Å². The van der Waals surface area contributed by atoms with Gasteiger partial charge in [-0.2, -0.15) is 0 Å². The Balaban J connectivity index is 1.33. The summed E-state index contributed by atoms with van der Waals surface area (Å²) in [5, 5.41) is 12.0. The highest BCUT2D eigenvalue weighted by Gasteiger charge is 2.49.